The SMILES string of the molecule is COC(=O)C1=C(C(=O)OC)C(c2ccccc2)(c2ccccc2)SC1C. The van der Waals surface area contributed by atoms with Gasteiger partial charge in [0.2, 0.25) is 0 Å². The van der Waals surface area contributed by atoms with Crippen LogP contribution in [0.3, 0.4) is 0 Å². The summed E-state index contributed by atoms with van der Waals surface area (Å²) in [5, 5.41) is -0.225. The van der Waals surface area contributed by atoms with Crippen LogP contribution in [0.4, 0.5) is 0 Å². The third kappa shape index (κ3) is 2.82. The standard InChI is InChI=1S/C21H20O4S/c1-14-17(19(22)24-2)18(20(23)25-3)21(26-14,15-10-6-4-7-11-15)16-12-8-5-9-13-16/h4-14H,1-3H3. The molecule has 1 aliphatic rings. The number of benzene rings is 2. The number of hydrogen-bond acceptors (Lipinski definition) is 5. The molecule has 2 aromatic carbocycles. The monoisotopic (exact) mass is 368 g/mol. The molecule has 134 valence electrons. The maximum Gasteiger partial charge on any atom is 0.336 e. The second-order valence-corrected chi connectivity index (χ2v) is 7.50. The van der Waals surface area contributed by atoms with Crippen LogP contribution >= 0.6 is 11.8 Å². The van der Waals surface area contributed by atoms with Gasteiger partial charge < -0.3 is 9.47 Å². The predicted octanol–water partition coefficient (Wildman–Crippen LogP) is 3.71. The summed E-state index contributed by atoms with van der Waals surface area (Å²) in [6, 6.07) is 19.4. The molecule has 0 aromatic heterocycles. The minimum atomic E-state index is -0.835. The quantitative estimate of drug-likeness (QED) is 0.770. The second kappa shape index (κ2) is 7.38. The third-order valence-corrected chi connectivity index (χ3v) is 6.16. The molecule has 2 aromatic rings. The van der Waals surface area contributed by atoms with Crippen molar-refractivity contribution in [2.75, 3.05) is 14.2 Å². The fourth-order valence-corrected chi connectivity index (χ4v) is 5.16. The maximum absolute atomic E-state index is 12.9. The molecule has 0 radical (unpaired) electrons. The Hall–Kier alpha value is -2.53. The van der Waals surface area contributed by atoms with Gasteiger partial charge in [0.15, 0.2) is 0 Å². The molecule has 0 aliphatic carbocycles. The fourth-order valence-electron chi connectivity index (χ4n) is 3.45. The van der Waals surface area contributed by atoms with Crippen molar-refractivity contribution in [2.24, 2.45) is 0 Å². The van der Waals surface area contributed by atoms with Crippen LogP contribution in [0.15, 0.2) is 71.8 Å². The van der Waals surface area contributed by atoms with Gasteiger partial charge in [0.25, 0.3) is 0 Å². The van der Waals surface area contributed by atoms with Gasteiger partial charge in [0.1, 0.15) is 0 Å². The van der Waals surface area contributed by atoms with E-state index >= 15 is 0 Å². The summed E-state index contributed by atoms with van der Waals surface area (Å²) >= 11 is 1.55. The topological polar surface area (TPSA) is 52.6 Å². The zero-order valence-corrected chi connectivity index (χ0v) is 15.7. The molecule has 0 N–H and O–H groups in total. The fraction of sp³-hybridized carbons (Fsp3) is 0.238. The van der Waals surface area contributed by atoms with Crippen LogP contribution in [0, 0.1) is 0 Å². The highest BCUT2D eigenvalue weighted by atomic mass is 32.2. The Balaban J connectivity index is 2.38. The summed E-state index contributed by atoms with van der Waals surface area (Å²) in [5.74, 6) is -1.02. The summed E-state index contributed by atoms with van der Waals surface area (Å²) in [6.07, 6.45) is 0. The predicted molar refractivity (Wildman–Crippen MR) is 102 cm³/mol. The second-order valence-electron chi connectivity index (χ2n) is 5.95. The molecule has 0 fully saturated rings. The Kier molecular flexibility index (Phi) is 5.18. The average Bonchev–Trinajstić information content (AvgIpc) is 3.02. The van der Waals surface area contributed by atoms with E-state index in [1.54, 1.807) is 11.8 Å². The van der Waals surface area contributed by atoms with Crippen molar-refractivity contribution in [1.82, 2.24) is 0 Å². The van der Waals surface area contributed by atoms with Gasteiger partial charge in [0.05, 0.1) is 30.1 Å². The minimum Gasteiger partial charge on any atom is -0.466 e. The van der Waals surface area contributed by atoms with Crippen molar-refractivity contribution in [3.05, 3.63) is 82.9 Å². The Morgan fingerprint density at radius 2 is 1.31 bits per heavy atom. The Morgan fingerprint density at radius 3 is 1.73 bits per heavy atom. The van der Waals surface area contributed by atoms with Crippen molar-refractivity contribution in [3.63, 3.8) is 0 Å². The van der Waals surface area contributed by atoms with Gasteiger partial charge in [-0.15, -0.1) is 11.8 Å². The molecule has 1 heterocycles. The highest BCUT2D eigenvalue weighted by molar-refractivity contribution is 8.01. The molecule has 0 spiro atoms. The zero-order valence-electron chi connectivity index (χ0n) is 14.9. The molecule has 26 heavy (non-hydrogen) atoms. The van der Waals surface area contributed by atoms with Crippen molar-refractivity contribution in [3.8, 4) is 0 Å². The van der Waals surface area contributed by atoms with E-state index in [0.717, 1.165) is 11.1 Å². The first-order valence-electron chi connectivity index (χ1n) is 8.26. The van der Waals surface area contributed by atoms with Crippen LogP contribution in [-0.4, -0.2) is 31.4 Å². The Morgan fingerprint density at radius 1 is 0.846 bits per heavy atom. The van der Waals surface area contributed by atoms with E-state index in [1.807, 2.05) is 67.6 Å². The van der Waals surface area contributed by atoms with Gasteiger partial charge in [-0.25, -0.2) is 9.59 Å². The van der Waals surface area contributed by atoms with Crippen LogP contribution < -0.4 is 0 Å². The highest BCUT2D eigenvalue weighted by Crippen LogP contribution is 2.58. The molecule has 4 nitrogen and oxygen atoms in total. The minimum absolute atomic E-state index is 0.225. The average molecular weight is 368 g/mol. The molecule has 5 heteroatoms. The molecular weight excluding hydrogens is 348 g/mol. The van der Waals surface area contributed by atoms with Gasteiger partial charge in [-0.05, 0) is 18.1 Å². The van der Waals surface area contributed by atoms with E-state index < -0.39 is 16.7 Å². The van der Waals surface area contributed by atoms with Gasteiger partial charge in [-0.3, -0.25) is 0 Å². The van der Waals surface area contributed by atoms with E-state index in [9.17, 15) is 9.59 Å². The molecule has 0 amide bonds. The van der Waals surface area contributed by atoms with Gasteiger partial charge in [0, 0.05) is 5.25 Å². The molecule has 0 bridgehead atoms. The maximum atomic E-state index is 12.9. The normalized spacial score (nSPS) is 18.5. The van der Waals surface area contributed by atoms with Gasteiger partial charge in [-0.1, -0.05) is 60.7 Å². The van der Waals surface area contributed by atoms with Crippen molar-refractivity contribution >= 4 is 23.7 Å². The summed E-state index contributed by atoms with van der Waals surface area (Å²) < 4.78 is 9.23. The van der Waals surface area contributed by atoms with E-state index in [2.05, 4.69) is 0 Å². The summed E-state index contributed by atoms with van der Waals surface area (Å²) in [5.41, 5.74) is 2.53. The number of carbonyl (C=O) groups excluding carboxylic acids is 2. The molecule has 1 atom stereocenters. The first kappa shape index (κ1) is 18.3. The number of hydrogen-bond donors (Lipinski definition) is 0. The molecule has 3 rings (SSSR count). The molecule has 0 saturated heterocycles. The lowest BCUT2D eigenvalue weighted by atomic mass is 9.81. The number of carbonyl (C=O) groups is 2. The van der Waals surface area contributed by atoms with Crippen molar-refractivity contribution < 1.29 is 19.1 Å². The van der Waals surface area contributed by atoms with E-state index in [4.69, 9.17) is 9.47 Å². The highest BCUT2D eigenvalue weighted by Gasteiger charge is 2.53. The lowest BCUT2D eigenvalue weighted by molar-refractivity contribution is -0.139. The summed E-state index contributed by atoms with van der Waals surface area (Å²) in [6.45, 7) is 1.91. The number of esters is 2. The number of methoxy groups -OCH3 is 2. The van der Waals surface area contributed by atoms with Gasteiger partial charge >= 0.3 is 11.9 Å². The van der Waals surface area contributed by atoms with Crippen LogP contribution in [0.2, 0.25) is 0 Å². The third-order valence-electron chi connectivity index (χ3n) is 4.54. The van der Waals surface area contributed by atoms with E-state index in [0.29, 0.717) is 11.1 Å². The molecular formula is C21H20O4S. The smallest absolute Gasteiger partial charge is 0.336 e. The largest absolute Gasteiger partial charge is 0.466 e. The molecule has 1 unspecified atom stereocenters. The summed E-state index contributed by atoms with van der Waals surface area (Å²) in [4.78, 5) is 25.4. The molecule has 1 aliphatic heterocycles. The van der Waals surface area contributed by atoms with Crippen molar-refractivity contribution in [2.45, 2.75) is 16.9 Å². The van der Waals surface area contributed by atoms with Crippen LogP contribution in [-0.2, 0) is 23.8 Å². The van der Waals surface area contributed by atoms with Crippen LogP contribution in [0.1, 0.15) is 18.1 Å². The van der Waals surface area contributed by atoms with Crippen LogP contribution in [0.25, 0.3) is 0 Å². The zero-order chi connectivity index (χ0) is 18.7. The first-order chi connectivity index (χ1) is 12.6. The summed E-state index contributed by atoms with van der Waals surface area (Å²) in [7, 11) is 2.66. The number of ether oxygens (including phenoxy) is 2. The molecule has 0 saturated carbocycles. The van der Waals surface area contributed by atoms with Gasteiger partial charge in [-0.2, -0.15) is 0 Å². The number of rotatable bonds is 4. The first-order valence-corrected chi connectivity index (χ1v) is 9.14. The Labute approximate surface area is 157 Å². The lowest BCUT2D eigenvalue weighted by Gasteiger charge is -2.32. The Bertz CT molecular complexity index is 803. The lowest BCUT2D eigenvalue weighted by Crippen LogP contribution is -2.30. The van der Waals surface area contributed by atoms with E-state index in [1.165, 1.54) is 14.2 Å². The number of thioether (sulfide) groups is 1. The van der Waals surface area contributed by atoms with Crippen molar-refractivity contribution in [1.29, 1.82) is 0 Å². The van der Waals surface area contributed by atoms with E-state index in [-0.39, 0.29) is 5.25 Å². The van der Waals surface area contributed by atoms with Crippen LogP contribution in [0.5, 0.6) is 0 Å².